The summed E-state index contributed by atoms with van der Waals surface area (Å²) < 4.78 is 0.863. The van der Waals surface area contributed by atoms with Gasteiger partial charge in [0, 0.05) is 17.3 Å². The van der Waals surface area contributed by atoms with Crippen LogP contribution in [0, 0.1) is 0 Å². The molecule has 2 rings (SSSR count). The van der Waals surface area contributed by atoms with Crippen LogP contribution in [0.1, 0.15) is 12.8 Å². The molecule has 1 aromatic carbocycles. The average Bonchev–Trinajstić information content (AvgIpc) is 2.46. The number of rotatable bonds is 1. The standard InChI is InChI=1S/C10H8BrNO2/c11-7-2-1-3-8(6-7)12-9(13)4-5-10(12)14/h1-3,6H,4-5H2. The van der Waals surface area contributed by atoms with Gasteiger partial charge in [-0.15, -0.1) is 0 Å². The van der Waals surface area contributed by atoms with E-state index in [4.69, 9.17) is 0 Å². The van der Waals surface area contributed by atoms with Crippen LogP contribution < -0.4 is 4.90 Å². The van der Waals surface area contributed by atoms with Gasteiger partial charge in [-0.3, -0.25) is 14.5 Å². The number of halogens is 1. The molecule has 1 aliphatic heterocycles. The molecule has 1 fully saturated rings. The highest BCUT2D eigenvalue weighted by Gasteiger charge is 2.30. The van der Waals surface area contributed by atoms with Crippen LogP contribution in [-0.4, -0.2) is 11.8 Å². The summed E-state index contributed by atoms with van der Waals surface area (Å²) in [5, 5.41) is 0. The maximum absolute atomic E-state index is 11.4. The van der Waals surface area contributed by atoms with E-state index in [0.29, 0.717) is 18.5 Å². The van der Waals surface area contributed by atoms with E-state index in [-0.39, 0.29) is 11.8 Å². The summed E-state index contributed by atoms with van der Waals surface area (Å²) in [5.41, 5.74) is 0.645. The molecule has 3 nitrogen and oxygen atoms in total. The zero-order valence-electron chi connectivity index (χ0n) is 7.37. The van der Waals surface area contributed by atoms with E-state index in [1.165, 1.54) is 4.90 Å². The Hall–Kier alpha value is -1.16. The molecule has 1 heterocycles. The predicted molar refractivity (Wildman–Crippen MR) is 55.9 cm³/mol. The van der Waals surface area contributed by atoms with Crippen LogP contribution in [0.15, 0.2) is 28.7 Å². The van der Waals surface area contributed by atoms with Crippen LogP contribution in [0.4, 0.5) is 5.69 Å². The molecule has 1 saturated heterocycles. The Morgan fingerprint density at radius 3 is 2.36 bits per heavy atom. The van der Waals surface area contributed by atoms with E-state index in [9.17, 15) is 9.59 Å². The van der Waals surface area contributed by atoms with Crippen molar-refractivity contribution in [2.45, 2.75) is 12.8 Å². The number of carbonyl (C=O) groups is 2. The Morgan fingerprint density at radius 2 is 1.79 bits per heavy atom. The Balaban J connectivity index is 2.39. The van der Waals surface area contributed by atoms with Crippen molar-refractivity contribution >= 4 is 33.4 Å². The monoisotopic (exact) mass is 253 g/mol. The molecule has 14 heavy (non-hydrogen) atoms. The molecule has 0 atom stereocenters. The number of carbonyl (C=O) groups excluding carboxylic acids is 2. The largest absolute Gasteiger partial charge is 0.274 e. The highest BCUT2D eigenvalue weighted by atomic mass is 79.9. The number of anilines is 1. The van der Waals surface area contributed by atoms with Crippen molar-refractivity contribution in [1.29, 1.82) is 0 Å². The molecule has 2 amide bonds. The summed E-state index contributed by atoms with van der Waals surface area (Å²) in [6.07, 6.45) is 0.649. The maximum atomic E-state index is 11.4. The van der Waals surface area contributed by atoms with E-state index in [2.05, 4.69) is 15.9 Å². The van der Waals surface area contributed by atoms with E-state index in [1.54, 1.807) is 18.2 Å². The van der Waals surface area contributed by atoms with Crippen molar-refractivity contribution in [2.24, 2.45) is 0 Å². The van der Waals surface area contributed by atoms with Gasteiger partial charge in [0.25, 0.3) is 0 Å². The summed E-state index contributed by atoms with van der Waals surface area (Å²) in [5.74, 6) is -0.235. The molecular weight excluding hydrogens is 246 g/mol. The van der Waals surface area contributed by atoms with Gasteiger partial charge in [0.05, 0.1) is 5.69 Å². The molecule has 72 valence electrons. The average molecular weight is 254 g/mol. The predicted octanol–water partition coefficient (Wildman–Crippen LogP) is 2.10. The van der Waals surface area contributed by atoms with Crippen LogP contribution in [0.5, 0.6) is 0 Å². The summed E-state index contributed by atoms with van der Waals surface area (Å²) in [6, 6.07) is 7.18. The molecule has 4 heteroatoms. The van der Waals surface area contributed by atoms with Crippen LogP contribution in [0.2, 0.25) is 0 Å². The Labute approximate surface area is 89.8 Å². The van der Waals surface area contributed by atoms with E-state index < -0.39 is 0 Å². The zero-order chi connectivity index (χ0) is 10.1. The SMILES string of the molecule is O=C1CCC(=O)N1c1cccc(Br)c1. The van der Waals surface area contributed by atoms with Gasteiger partial charge in [-0.1, -0.05) is 22.0 Å². The van der Waals surface area contributed by atoms with Gasteiger partial charge < -0.3 is 0 Å². The first-order chi connectivity index (χ1) is 6.68. The molecule has 0 aliphatic carbocycles. The van der Waals surface area contributed by atoms with Gasteiger partial charge in [-0.25, -0.2) is 0 Å². The van der Waals surface area contributed by atoms with Crippen LogP contribution in [0.3, 0.4) is 0 Å². The van der Waals surface area contributed by atoms with Gasteiger partial charge in [0.2, 0.25) is 11.8 Å². The second-order valence-corrected chi connectivity index (χ2v) is 4.02. The lowest BCUT2D eigenvalue weighted by Gasteiger charge is -2.13. The van der Waals surface area contributed by atoms with Crippen molar-refractivity contribution in [2.75, 3.05) is 4.90 Å². The van der Waals surface area contributed by atoms with Crippen LogP contribution in [0.25, 0.3) is 0 Å². The number of hydrogen-bond acceptors (Lipinski definition) is 2. The van der Waals surface area contributed by atoms with Gasteiger partial charge in [0.1, 0.15) is 0 Å². The lowest BCUT2D eigenvalue weighted by atomic mass is 10.3. The quantitative estimate of drug-likeness (QED) is 0.719. The Bertz CT molecular complexity index is 387. The Kier molecular flexibility index (Phi) is 2.37. The lowest BCUT2D eigenvalue weighted by molar-refractivity contribution is -0.121. The van der Waals surface area contributed by atoms with Crippen molar-refractivity contribution in [1.82, 2.24) is 0 Å². The number of hydrogen-bond donors (Lipinski definition) is 0. The van der Waals surface area contributed by atoms with E-state index >= 15 is 0 Å². The summed E-state index contributed by atoms with van der Waals surface area (Å²) >= 11 is 3.30. The number of benzene rings is 1. The van der Waals surface area contributed by atoms with Crippen molar-refractivity contribution in [3.8, 4) is 0 Å². The normalized spacial score (nSPS) is 16.5. The second-order valence-electron chi connectivity index (χ2n) is 3.10. The van der Waals surface area contributed by atoms with Crippen molar-refractivity contribution < 1.29 is 9.59 Å². The fraction of sp³-hybridized carbons (Fsp3) is 0.200. The second kappa shape index (κ2) is 3.53. The molecule has 0 bridgehead atoms. The molecule has 1 aliphatic rings. The highest BCUT2D eigenvalue weighted by Crippen LogP contribution is 2.24. The topological polar surface area (TPSA) is 37.4 Å². The van der Waals surface area contributed by atoms with Gasteiger partial charge in [-0.2, -0.15) is 0 Å². The molecule has 0 unspecified atom stereocenters. The summed E-state index contributed by atoms with van der Waals surface area (Å²) in [6.45, 7) is 0. The Morgan fingerprint density at radius 1 is 1.14 bits per heavy atom. The minimum absolute atomic E-state index is 0.117. The van der Waals surface area contributed by atoms with Crippen LogP contribution >= 0.6 is 15.9 Å². The molecule has 0 spiro atoms. The smallest absolute Gasteiger partial charge is 0.234 e. The summed E-state index contributed by atoms with van der Waals surface area (Å²) in [7, 11) is 0. The van der Waals surface area contributed by atoms with Crippen molar-refractivity contribution in [3.63, 3.8) is 0 Å². The minimum Gasteiger partial charge on any atom is -0.274 e. The fourth-order valence-electron chi connectivity index (χ4n) is 1.48. The molecule has 0 saturated carbocycles. The van der Waals surface area contributed by atoms with Crippen molar-refractivity contribution in [3.05, 3.63) is 28.7 Å². The molecule has 0 aromatic heterocycles. The summed E-state index contributed by atoms with van der Waals surface area (Å²) in [4.78, 5) is 24.0. The van der Waals surface area contributed by atoms with Crippen LogP contribution in [-0.2, 0) is 9.59 Å². The van der Waals surface area contributed by atoms with E-state index in [0.717, 1.165) is 4.47 Å². The molecule has 1 aromatic rings. The number of nitrogens with zero attached hydrogens (tertiary/aromatic N) is 1. The fourth-order valence-corrected chi connectivity index (χ4v) is 1.87. The first-order valence-electron chi connectivity index (χ1n) is 4.30. The van der Waals surface area contributed by atoms with Gasteiger partial charge >= 0.3 is 0 Å². The van der Waals surface area contributed by atoms with Gasteiger partial charge in [-0.05, 0) is 18.2 Å². The number of amides is 2. The first-order valence-corrected chi connectivity index (χ1v) is 5.09. The zero-order valence-corrected chi connectivity index (χ0v) is 8.95. The number of imide groups is 1. The lowest BCUT2D eigenvalue weighted by Crippen LogP contribution is -2.28. The third kappa shape index (κ3) is 1.57. The van der Waals surface area contributed by atoms with Gasteiger partial charge in [0.15, 0.2) is 0 Å². The maximum Gasteiger partial charge on any atom is 0.234 e. The first kappa shape index (κ1) is 9.40. The molecular formula is C10H8BrNO2. The van der Waals surface area contributed by atoms with E-state index in [1.807, 2.05) is 6.07 Å². The minimum atomic E-state index is -0.117. The molecule has 0 N–H and O–H groups in total. The third-order valence-electron chi connectivity index (χ3n) is 2.12. The third-order valence-corrected chi connectivity index (χ3v) is 2.61. The molecule has 0 radical (unpaired) electrons. The highest BCUT2D eigenvalue weighted by molar-refractivity contribution is 9.10.